The fourth-order valence-corrected chi connectivity index (χ4v) is 1.87. The molecule has 0 saturated heterocycles. The minimum absolute atomic E-state index is 0.0330. The van der Waals surface area contributed by atoms with Crippen LogP contribution in [0.3, 0.4) is 0 Å². The Kier molecular flexibility index (Phi) is 5.19. The van der Waals surface area contributed by atoms with Gasteiger partial charge in [-0.2, -0.15) is 5.26 Å². The number of nitrogens with zero attached hydrogens (tertiary/aromatic N) is 1. The first kappa shape index (κ1) is 14.9. The highest BCUT2D eigenvalue weighted by molar-refractivity contribution is 5.46. The molecule has 0 amide bonds. The maximum atomic E-state index is 9.01. The molecule has 4 heteroatoms. The topological polar surface area (TPSA) is 62.5 Å². The number of aliphatic hydroxyl groups is 1. The largest absolute Gasteiger partial charge is 0.490 e. The molecule has 108 valence electrons. The number of ether oxygens (including phenoxy) is 2. The minimum atomic E-state index is 0.0330. The molecule has 0 unspecified atom stereocenters. The molecule has 0 radical (unpaired) electrons. The molecule has 0 heterocycles. The number of hydrogen-bond acceptors (Lipinski definition) is 4. The summed E-state index contributed by atoms with van der Waals surface area (Å²) in [4.78, 5) is 0. The molecule has 1 N–H and O–H groups in total. The van der Waals surface area contributed by atoms with Crippen LogP contribution in [0.1, 0.15) is 23.6 Å². The summed E-state index contributed by atoms with van der Waals surface area (Å²) in [6.45, 7) is 2.83. The second-order valence-corrected chi connectivity index (χ2v) is 4.47. The van der Waals surface area contributed by atoms with Crippen molar-refractivity contribution >= 4 is 0 Å². The molecular weight excluding hydrogens is 266 g/mol. The van der Waals surface area contributed by atoms with Gasteiger partial charge in [-0.1, -0.05) is 24.3 Å². The van der Waals surface area contributed by atoms with Crippen LogP contribution in [0.5, 0.6) is 11.5 Å². The zero-order valence-corrected chi connectivity index (χ0v) is 11.9. The smallest absolute Gasteiger partial charge is 0.162 e. The lowest BCUT2D eigenvalue weighted by Gasteiger charge is -2.12. The van der Waals surface area contributed by atoms with Crippen molar-refractivity contribution in [1.29, 1.82) is 5.26 Å². The number of aliphatic hydroxyl groups excluding tert-OH is 1. The van der Waals surface area contributed by atoms with E-state index in [0.29, 0.717) is 30.3 Å². The zero-order chi connectivity index (χ0) is 15.1. The normalized spacial score (nSPS) is 9.95. The quantitative estimate of drug-likeness (QED) is 0.885. The van der Waals surface area contributed by atoms with Crippen LogP contribution in [-0.2, 0) is 13.2 Å². The third-order valence-electron chi connectivity index (χ3n) is 2.97. The summed E-state index contributed by atoms with van der Waals surface area (Å²) in [5.74, 6) is 1.19. The van der Waals surface area contributed by atoms with E-state index in [-0.39, 0.29) is 6.61 Å². The van der Waals surface area contributed by atoms with Gasteiger partial charge in [0.25, 0.3) is 0 Å². The van der Waals surface area contributed by atoms with Gasteiger partial charge < -0.3 is 14.6 Å². The summed E-state index contributed by atoms with van der Waals surface area (Å²) in [5, 5.41) is 17.9. The van der Waals surface area contributed by atoms with Crippen molar-refractivity contribution in [3.8, 4) is 17.6 Å². The van der Waals surface area contributed by atoms with E-state index < -0.39 is 0 Å². The van der Waals surface area contributed by atoms with Gasteiger partial charge in [0.15, 0.2) is 11.5 Å². The number of hydrogen-bond donors (Lipinski definition) is 1. The van der Waals surface area contributed by atoms with Crippen molar-refractivity contribution < 1.29 is 14.6 Å². The lowest BCUT2D eigenvalue weighted by molar-refractivity contribution is 0.268. The molecule has 0 aliphatic carbocycles. The fourth-order valence-electron chi connectivity index (χ4n) is 1.87. The molecule has 0 aromatic heterocycles. The van der Waals surface area contributed by atoms with Crippen molar-refractivity contribution in [1.82, 2.24) is 0 Å². The average Bonchev–Trinajstić information content (AvgIpc) is 2.54. The predicted molar refractivity (Wildman–Crippen MR) is 79.0 cm³/mol. The van der Waals surface area contributed by atoms with Crippen molar-refractivity contribution in [2.24, 2.45) is 0 Å². The van der Waals surface area contributed by atoms with Crippen molar-refractivity contribution in [2.75, 3.05) is 6.61 Å². The summed E-state index contributed by atoms with van der Waals surface area (Å²) in [6.07, 6.45) is 0. The Morgan fingerprint density at radius 2 is 1.71 bits per heavy atom. The molecule has 21 heavy (non-hydrogen) atoms. The van der Waals surface area contributed by atoms with Gasteiger partial charge in [-0.15, -0.1) is 0 Å². The standard InChI is InChI=1S/C17H17NO3/c1-2-20-17-9-15(10-18)7-8-16(17)21-12-14-5-3-13(11-19)4-6-14/h3-9,19H,2,11-12H2,1H3. The van der Waals surface area contributed by atoms with Crippen LogP contribution in [0.2, 0.25) is 0 Å². The van der Waals surface area contributed by atoms with Crippen LogP contribution >= 0.6 is 0 Å². The lowest BCUT2D eigenvalue weighted by atomic mass is 10.1. The van der Waals surface area contributed by atoms with E-state index in [9.17, 15) is 0 Å². The molecule has 0 spiro atoms. The maximum Gasteiger partial charge on any atom is 0.162 e. The first-order valence-electron chi connectivity index (χ1n) is 6.75. The van der Waals surface area contributed by atoms with Gasteiger partial charge in [0.2, 0.25) is 0 Å². The molecule has 2 aromatic carbocycles. The van der Waals surface area contributed by atoms with E-state index in [0.717, 1.165) is 11.1 Å². The van der Waals surface area contributed by atoms with E-state index in [1.165, 1.54) is 0 Å². The van der Waals surface area contributed by atoms with Crippen LogP contribution in [-0.4, -0.2) is 11.7 Å². The summed E-state index contributed by atoms with van der Waals surface area (Å²) in [6, 6.07) is 14.7. The van der Waals surface area contributed by atoms with Crippen molar-refractivity contribution in [3.05, 3.63) is 59.2 Å². The van der Waals surface area contributed by atoms with Crippen LogP contribution in [0.15, 0.2) is 42.5 Å². The van der Waals surface area contributed by atoms with Gasteiger partial charge in [0.05, 0.1) is 24.8 Å². The van der Waals surface area contributed by atoms with E-state index in [4.69, 9.17) is 19.8 Å². The lowest BCUT2D eigenvalue weighted by Crippen LogP contribution is -2.00. The van der Waals surface area contributed by atoms with Gasteiger partial charge >= 0.3 is 0 Å². The second kappa shape index (κ2) is 7.32. The third kappa shape index (κ3) is 3.98. The zero-order valence-electron chi connectivity index (χ0n) is 11.9. The Hall–Kier alpha value is -2.51. The molecular formula is C17H17NO3. The van der Waals surface area contributed by atoms with E-state index >= 15 is 0 Å². The molecule has 0 aliphatic heterocycles. The fraction of sp³-hybridized carbons (Fsp3) is 0.235. The summed E-state index contributed by atoms with van der Waals surface area (Å²) in [7, 11) is 0. The van der Waals surface area contributed by atoms with Gasteiger partial charge in [0, 0.05) is 6.07 Å². The molecule has 0 fully saturated rings. The Balaban J connectivity index is 2.09. The number of nitriles is 1. The highest BCUT2D eigenvalue weighted by atomic mass is 16.5. The maximum absolute atomic E-state index is 9.01. The van der Waals surface area contributed by atoms with E-state index in [2.05, 4.69) is 6.07 Å². The molecule has 0 saturated carbocycles. The van der Waals surface area contributed by atoms with Crippen LogP contribution in [0.4, 0.5) is 0 Å². The average molecular weight is 283 g/mol. The molecule has 0 atom stereocenters. The van der Waals surface area contributed by atoms with Crippen molar-refractivity contribution in [2.45, 2.75) is 20.1 Å². The van der Waals surface area contributed by atoms with E-state index in [1.54, 1.807) is 18.2 Å². The van der Waals surface area contributed by atoms with Crippen LogP contribution in [0.25, 0.3) is 0 Å². The van der Waals surface area contributed by atoms with Gasteiger partial charge in [0.1, 0.15) is 6.61 Å². The Labute approximate surface area is 124 Å². The molecule has 0 aliphatic rings. The Morgan fingerprint density at radius 3 is 2.33 bits per heavy atom. The second-order valence-electron chi connectivity index (χ2n) is 4.47. The molecule has 4 nitrogen and oxygen atoms in total. The summed E-state index contributed by atoms with van der Waals surface area (Å²) in [5.41, 5.74) is 2.41. The highest BCUT2D eigenvalue weighted by Crippen LogP contribution is 2.29. The van der Waals surface area contributed by atoms with Crippen molar-refractivity contribution in [3.63, 3.8) is 0 Å². The highest BCUT2D eigenvalue weighted by Gasteiger charge is 2.07. The number of benzene rings is 2. The molecule has 2 rings (SSSR count). The Bertz CT molecular complexity index is 629. The Morgan fingerprint density at radius 1 is 1.00 bits per heavy atom. The SMILES string of the molecule is CCOc1cc(C#N)ccc1OCc1ccc(CO)cc1. The van der Waals surface area contributed by atoms with E-state index in [1.807, 2.05) is 31.2 Å². The first-order valence-corrected chi connectivity index (χ1v) is 6.75. The predicted octanol–water partition coefficient (Wildman–Crippen LogP) is 3.03. The van der Waals surface area contributed by atoms with Gasteiger partial charge in [-0.3, -0.25) is 0 Å². The third-order valence-corrected chi connectivity index (χ3v) is 2.97. The van der Waals surface area contributed by atoms with Crippen LogP contribution < -0.4 is 9.47 Å². The van der Waals surface area contributed by atoms with Gasteiger partial charge in [-0.05, 0) is 30.2 Å². The van der Waals surface area contributed by atoms with Gasteiger partial charge in [-0.25, -0.2) is 0 Å². The monoisotopic (exact) mass is 283 g/mol. The summed E-state index contributed by atoms with van der Waals surface area (Å²) < 4.78 is 11.2. The number of rotatable bonds is 6. The summed E-state index contributed by atoms with van der Waals surface area (Å²) >= 11 is 0. The minimum Gasteiger partial charge on any atom is -0.490 e. The molecule has 2 aromatic rings. The first-order chi connectivity index (χ1) is 10.3. The van der Waals surface area contributed by atoms with Crippen LogP contribution in [0, 0.1) is 11.3 Å². The molecule has 0 bridgehead atoms.